The van der Waals surface area contributed by atoms with Crippen molar-refractivity contribution < 1.29 is 23.9 Å². The number of benzene rings is 1. The molecule has 2 N–H and O–H groups in total. The number of nitrogens with one attached hydrogen (secondary N) is 2. The van der Waals surface area contributed by atoms with E-state index in [0.29, 0.717) is 23.0 Å². The molecule has 1 saturated carbocycles. The van der Waals surface area contributed by atoms with Crippen molar-refractivity contribution in [2.45, 2.75) is 32.6 Å². The molecule has 3 aromatic rings. The Hall–Kier alpha value is -3.88. The number of aromatic amines is 1. The van der Waals surface area contributed by atoms with Crippen LogP contribution in [0.3, 0.4) is 0 Å². The van der Waals surface area contributed by atoms with Crippen LogP contribution in [-0.4, -0.2) is 46.3 Å². The van der Waals surface area contributed by atoms with Crippen LogP contribution in [0.25, 0.3) is 5.69 Å². The number of amides is 1. The normalized spacial score (nSPS) is 13.0. The van der Waals surface area contributed by atoms with E-state index in [0.717, 1.165) is 24.2 Å². The first-order chi connectivity index (χ1) is 15.4. The van der Waals surface area contributed by atoms with Gasteiger partial charge in [0, 0.05) is 17.7 Å². The van der Waals surface area contributed by atoms with Gasteiger partial charge in [0.05, 0.1) is 24.1 Å². The minimum absolute atomic E-state index is 0.112. The molecule has 0 aliphatic heterocycles. The molecule has 0 radical (unpaired) electrons. The molecule has 4 rings (SSSR count). The highest BCUT2D eigenvalue weighted by Crippen LogP contribution is 2.40. The maximum absolute atomic E-state index is 12.5. The van der Waals surface area contributed by atoms with Gasteiger partial charge < -0.3 is 19.8 Å². The van der Waals surface area contributed by atoms with Crippen LogP contribution in [-0.2, 0) is 14.3 Å². The fourth-order valence-corrected chi connectivity index (χ4v) is 3.58. The highest BCUT2D eigenvalue weighted by molar-refractivity contribution is 5.99. The fraction of sp³-hybridized carbons (Fsp3) is 0.304. The number of esters is 2. The lowest BCUT2D eigenvalue weighted by molar-refractivity contribution is -0.119. The third kappa shape index (κ3) is 4.27. The molecule has 1 aliphatic rings. The molecule has 0 bridgehead atoms. The largest absolute Gasteiger partial charge is 0.465 e. The molecule has 0 spiro atoms. The van der Waals surface area contributed by atoms with Gasteiger partial charge in [0.15, 0.2) is 6.61 Å². The number of methoxy groups -OCH3 is 1. The number of carbonyl (C=O) groups is 3. The molecule has 1 amide bonds. The standard InChI is InChI=1S/C23H24N4O5/c1-13-20(22(29)31-3)14(2)24-21(13)23(30)32-12-19(28)25-18-11-17(15-9-10-15)26-27(18)16-7-5-4-6-8-16/h4-8,11,15,24H,9-10,12H2,1-3H3,(H,25,28). The first kappa shape index (κ1) is 21.4. The van der Waals surface area contributed by atoms with Gasteiger partial charge >= 0.3 is 11.9 Å². The maximum Gasteiger partial charge on any atom is 0.355 e. The molecule has 0 unspecified atom stereocenters. The lowest BCUT2D eigenvalue weighted by Crippen LogP contribution is -2.22. The Bertz CT molecular complexity index is 1170. The van der Waals surface area contributed by atoms with E-state index < -0.39 is 24.5 Å². The van der Waals surface area contributed by atoms with E-state index in [9.17, 15) is 14.4 Å². The van der Waals surface area contributed by atoms with Gasteiger partial charge in [-0.2, -0.15) is 5.10 Å². The van der Waals surface area contributed by atoms with Gasteiger partial charge in [0.2, 0.25) is 0 Å². The van der Waals surface area contributed by atoms with Crippen molar-refractivity contribution in [2.75, 3.05) is 19.0 Å². The number of aryl methyl sites for hydroxylation is 1. The zero-order valence-electron chi connectivity index (χ0n) is 18.1. The number of hydrogen-bond donors (Lipinski definition) is 2. The minimum atomic E-state index is -0.730. The molecule has 0 atom stereocenters. The first-order valence-electron chi connectivity index (χ1n) is 10.3. The van der Waals surface area contributed by atoms with Crippen molar-refractivity contribution in [1.29, 1.82) is 0 Å². The molecular formula is C23H24N4O5. The van der Waals surface area contributed by atoms with E-state index in [2.05, 4.69) is 15.4 Å². The van der Waals surface area contributed by atoms with Crippen molar-refractivity contribution in [3.63, 3.8) is 0 Å². The van der Waals surface area contributed by atoms with Gasteiger partial charge in [-0.3, -0.25) is 4.79 Å². The van der Waals surface area contributed by atoms with E-state index in [1.807, 2.05) is 36.4 Å². The smallest absolute Gasteiger partial charge is 0.355 e. The third-order valence-electron chi connectivity index (χ3n) is 5.36. The summed E-state index contributed by atoms with van der Waals surface area (Å²) in [6.45, 7) is 2.79. The topological polar surface area (TPSA) is 115 Å². The highest BCUT2D eigenvalue weighted by Gasteiger charge is 2.28. The molecule has 2 heterocycles. The van der Waals surface area contributed by atoms with Crippen LogP contribution in [0.5, 0.6) is 0 Å². The number of aromatic nitrogens is 3. The number of carbonyl (C=O) groups excluding carboxylic acids is 3. The van der Waals surface area contributed by atoms with Gasteiger partial charge in [-0.1, -0.05) is 18.2 Å². The van der Waals surface area contributed by atoms with E-state index in [4.69, 9.17) is 9.47 Å². The number of para-hydroxylation sites is 1. The number of rotatable bonds is 7. The zero-order chi connectivity index (χ0) is 22.8. The maximum atomic E-state index is 12.5. The average molecular weight is 436 g/mol. The molecule has 9 nitrogen and oxygen atoms in total. The number of H-pyrrole nitrogens is 1. The molecule has 1 aliphatic carbocycles. The fourth-order valence-electron chi connectivity index (χ4n) is 3.58. The second kappa shape index (κ2) is 8.70. The van der Waals surface area contributed by atoms with Crippen molar-refractivity contribution >= 4 is 23.7 Å². The Labute approximate surface area is 184 Å². The SMILES string of the molecule is COC(=O)c1c(C)[nH]c(C(=O)OCC(=O)Nc2cc(C3CC3)nn2-c2ccccc2)c1C. The second-order valence-electron chi connectivity index (χ2n) is 7.72. The zero-order valence-corrected chi connectivity index (χ0v) is 18.1. The quantitative estimate of drug-likeness (QED) is 0.549. The summed E-state index contributed by atoms with van der Waals surface area (Å²) in [5, 5.41) is 7.41. The molecular weight excluding hydrogens is 412 g/mol. The molecule has 9 heteroatoms. The third-order valence-corrected chi connectivity index (χ3v) is 5.36. The van der Waals surface area contributed by atoms with E-state index in [1.165, 1.54) is 7.11 Å². The first-order valence-corrected chi connectivity index (χ1v) is 10.3. The Kier molecular flexibility index (Phi) is 5.81. The summed E-state index contributed by atoms with van der Waals surface area (Å²) >= 11 is 0. The van der Waals surface area contributed by atoms with Crippen LogP contribution in [0.2, 0.25) is 0 Å². The molecule has 2 aromatic heterocycles. The Morgan fingerprint density at radius 2 is 1.88 bits per heavy atom. The minimum Gasteiger partial charge on any atom is -0.465 e. The molecule has 1 fully saturated rings. The highest BCUT2D eigenvalue weighted by atomic mass is 16.5. The number of hydrogen-bond acceptors (Lipinski definition) is 6. The second-order valence-corrected chi connectivity index (χ2v) is 7.72. The van der Waals surface area contributed by atoms with Crippen molar-refractivity contribution in [2.24, 2.45) is 0 Å². The van der Waals surface area contributed by atoms with Gasteiger partial charge in [0.1, 0.15) is 11.5 Å². The Balaban J connectivity index is 1.45. The summed E-state index contributed by atoms with van der Waals surface area (Å²) in [6, 6.07) is 11.3. The van der Waals surface area contributed by atoms with Crippen LogP contribution in [0, 0.1) is 13.8 Å². The number of anilines is 1. The summed E-state index contributed by atoms with van der Waals surface area (Å²) in [4.78, 5) is 39.7. The van der Waals surface area contributed by atoms with Gasteiger partial charge in [-0.25, -0.2) is 14.3 Å². The number of nitrogens with zero attached hydrogens (tertiary/aromatic N) is 2. The summed E-state index contributed by atoms with van der Waals surface area (Å²) < 4.78 is 11.6. The van der Waals surface area contributed by atoms with Crippen molar-refractivity contribution in [3.8, 4) is 5.69 Å². The van der Waals surface area contributed by atoms with E-state index in [-0.39, 0.29) is 11.3 Å². The van der Waals surface area contributed by atoms with Crippen LogP contribution in [0.4, 0.5) is 5.82 Å². The van der Waals surface area contributed by atoms with Gasteiger partial charge in [-0.05, 0) is 44.4 Å². The van der Waals surface area contributed by atoms with Crippen LogP contribution in [0.15, 0.2) is 36.4 Å². The molecule has 32 heavy (non-hydrogen) atoms. The summed E-state index contributed by atoms with van der Waals surface area (Å²) in [5.74, 6) is -0.845. The van der Waals surface area contributed by atoms with Crippen LogP contribution in [0.1, 0.15) is 56.6 Å². The average Bonchev–Trinajstić information content (AvgIpc) is 3.49. The van der Waals surface area contributed by atoms with Crippen molar-refractivity contribution in [1.82, 2.24) is 14.8 Å². The predicted molar refractivity (Wildman–Crippen MR) is 116 cm³/mol. The van der Waals surface area contributed by atoms with Crippen LogP contribution >= 0.6 is 0 Å². The predicted octanol–water partition coefficient (Wildman–Crippen LogP) is 3.28. The van der Waals surface area contributed by atoms with Crippen LogP contribution < -0.4 is 5.32 Å². The lowest BCUT2D eigenvalue weighted by atomic mass is 10.1. The monoisotopic (exact) mass is 436 g/mol. The summed E-state index contributed by atoms with van der Waals surface area (Å²) in [6.07, 6.45) is 2.17. The molecule has 166 valence electrons. The molecule has 0 saturated heterocycles. The Morgan fingerprint density at radius 1 is 1.16 bits per heavy atom. The molecule has 1 aromatic carbocycles. The van der Waals surface area contributed by atoms with Gasteiger partial charge in [0.25, 0.3) is 5.91 Å². The Morgan fingerprint density at radius 3 is 2.53 bits per heavy atom. The number of ether oxygens (including phenoxy) is 2. The lowest BCUT2D eigenvalue weighted by Gasteiger charge is -2.09. The van der Waals surface area contributed by atoms with Crippen molar-refractivity contribution in [3.05, 3.63) is 64.6 Å². The van der Waals surface area contributed by atoms with E-state index >= 15 is 0 Å². The van der Waals surface area contributed by atoms with E-state index in [1.54, 1.807) is 18.5 Å². The summed E-state index contributed by atoms with van der Waals surface area (Å²) in [5.41, 5.74) is 3.04. The summed E-state index contributed by atoms with van der Waals surface area (Å²) in [7, 11) is 1.27. The van der Waals surface area contributed by atoms with Gasteiger partial charge in [-0.15, -0.1) is 0 Å².